The lowest BCUT2D eigenvalue weighted by molar-refractivity contribution is 0.532. The Kier molecular flexibility index (Phi) is 2.91. The van der Waals surface area contributed by atoms with Crippen molar-refractivity contribution in [1.29, 1.82) is 0 Å². The molecule has 0 spiro atoms. The van der Waals surface area contributed by atoms with E-state index in [4.69, 9.17) is 11.2 Å². The zero-order valence-corrected chi connectivity index (χ0v) is 9.88. The van der Waals surface area contributed by atoms with Gasteiger partial charge >= 0.3 is 0 Å². The molecule has 0 amide bonds. The van der Waals surface area contributed by atoms with Crippen LogP contribution in [-0.4, -0.2) is 10.3 Å². The molecule has 3 heteroatoms. The minimum atomic E-state index is -2.59. The molecule has 0 aliphatic carbocycles. The highest BCUT2D eigenvalue weighted by Gasteiger charge is 2.44. The zero-order valence-electron chi connectivity index (χ0n) is 8.23. The van der Waals surface area contributed by atoms with Crippen molar-refractivity contribution in [3.63, 3.8) is 0 Å². The third-order valence-electron chi connectivity index (χ3n) is 1.73. The largest absolute Gasteiger partial charge is 0.306 e. The number of hydrogen-bond donors (Lipinski definition) is 0. The summed E-state index contributed by atoms with van der Waals surface area (Å²) in [6, 6.07) is 0. The summed E-state index contributed by atoms with van der Waals surface area (Å²) in [6.07, 6.45) is 0. The van der Waals surface area contributed by atoms with Gasteiger partial charge in [0.15, 0.2) is 6.49 Å². The average Bonchev–Trinajstić information content (AvgIpc) is 1.58. The molecule has 0 atom stereocenters. The van der Waals surface area contributed by atoms with Crippen LogP contribution in [0.1, 0.15) is 41.5 Å². The molecule has 0 aromatic heterocycles. The summed E-state index contributed by atoms with van der Waals surface area (Å²) in [7, 11) is 0. The third-order valence-corrected chi connectivity index (χ3v) is 8.22. The molecule has 1 nitrogen and oxygen atoms in total. The van der Waals surface area contributed by atoms with Crippen molar-refractivity contribution in [3.05, 3.63) is 0 Å². The van der Waals surface area contributed by atoms with Crippen LogP contribution in [0.4, 0.5) is 0 Å². The molecule has 0 rings (SSSR count). The van der Waals surface area contributed by atoms with Gasteiger partial charge in [0, 0.05) is 10.3 Å². The van der Waals surface area contributed by atoms with Crippen molar-refractivity contribution in [2.75, 3.05) is 0 Å². The first-order valence-corrected chi connectivity index (χ1v) is 6.41. The Balaban J connectivity index is 4.92. The fourth-order valence-corrected chi connectivity index (χ4v) is 3.02. The van der Waals surface area contributed by atoms with Gasteiger partial charge in [0.25, 0.3) is 0 Å². The minimum Gasteiger partial charge on any atom is -0.306 e. The lowest BCUT2D eigenvalue weighted by Crippen LogP contribution is -2.25. The highest BCUT2D eigenvalue weighted by molar-refractivity contribution is 7.91. The predicted octanol–water partition coefficient (Wildman–Crippen LogP) is 4.10. The fourth-order valence-electron chi connectivity index (χ4n) is 1.01. The number of rotatable bonds is 0. The van der Waals surface area contributed by atoms with E-state index >= 15 is 0 Å². The van der Waals surface area contributed by atoms with Crippen molar-refractivity contribution in [2.24, 2.45) is 0 Å². The second kappa shape index (κ2) is 2.78. The Labute approximate surface area is 74.7 Å². The molecule has 0 unspecified atom stereocenters. The molecule has 0 N–H and O–H groups in total. The molecule has 0 fully saturated rings. The Bertz CT molecular complexity index is 167. The summed E-state index contributed by atoms with van der Waals surface area (Å²) < 4.78 is 12.0. The Morgan fingerprint density at radius 2 is 1.09 bits per heavy atom. The van der Waals surface area contributed by atoms with Crippen LogP contribution in [0, 0.1) is 0 Å². The van der Waals surface area contributed by atoms with Gasteiger partial charge in [-0.3, -0.25) is 0 Å². The van der Waals surface area contributed by atoms with Gasteiger partial charge in [0.05, 0.1) is 0 Å². The molecule has 0 aliphatic rings. The van der Waals surface area contributed by atoms with E-state index in [9.17, 15) is 4.57 Å². The second-order valence-corrected chi connectivity index (χ2v) is 10.1. The van der Waals surface area contributed by atoms with E-state index in [2.05, 4.69) is 0 Å². The maximum Gasteiger partial charge on any atom is 0.179 e. The van der Waals surface area contributed by atoms with Crippen molar-refractivity contribution in [2.45, 2.75) is 51.9 Å². The summed E-state index contributed by atoms with van der Waals surface area (Å²) in [6.45, 7) is 8.95. The maximum atomic E-state index is 12.0. The van der Waals surface area contributed by atoms with Crippen LogP contribution in [-0.2, 0) is 4.57 Å². The predicted molar refractivity (Wildman–Crippen MR) is 53.0 cm³/mol. The van der Waals surface area contributed by atoms with Crippen LogP contribution >= 0.6 is 17.7 Å². The first-order valence-electron chi connectivity index (χ1n) is 3.80. The monoisotopic (exact) mass is 196 g/mol. The quantitative estimate of drug-likeness (QED) is 0.533. The van der Waals surface area contributed by atoms with Gasteiger partial charge in [-0.05, 0) is 0 Å². The van der Waals surface area contributed by atoms with E-state index in [-0.39, 0.29) is 10.3 Å². The summed E-state index contributed by atoms with van der Waals surface area (Å²) in [5.74, 6) is 0. The van der Waals surface area contributed by atoms with Crippen LogP contribution < -0.4 is 0 Å². The lowest BCUT2D eigenvalue weighted by Gasteiger charge is -2.35. The Hall–Kier alpha value is 0.520. The van der Waals surface area contributed by atoms with Gasteiger partial charge in [-0.15, -0.1) is 0 Å². The molecule has 0 radical (unpaired) electrons. The number of halogens is 1. The molecule has 0 saturated carbocycles. The second-order valence-electron chi connectivity index (χ2n) is 4.87. The lowest BCUT2D eigenvalue weighted by atomic mass is 10.2. The summed E-state index contributed by atoms with van der Waals surface area (Å²) in [5, 5.41) is -0.598. The van der Waals surface area contributed by atoms with Crippen LogP contribution in [0.2, 0.25) is 0 Å². The SMILES string of the molecule is CC(C)(C)P(=O)(Cl)C(C)(C)C. The molecule has 11 heavy (non-hydrogen) atoms. The molecule has 0 aliphatic heterocycles. The van der Waals surface area contributed by atoms with Gasteiger partial charge in [-0.1, -0.05) is 52.8 Å². The molecule has 0 bridgehead atoms. The molecule has 0 aromatic rings. The van der Waals surface area contributed by atoms with E-state index in [0.717, 1.165) is 0 Å². The van der Waals surface area contributed by atoms with Gasteiger partial charge in [0.2, 0.25) is 0 Å². The normalized spacial score (nSPS) is 15.2. The van der Waals surface area contributed by atoms with Crippen LogP contribution in [0.15, 0.2) is 0 Å². The molecule has 0 saturated heterocycles. The summed E-state index contributed by atoms with van der Waals surface area (Å²) in [5.41, 5.74) is 0. The van der Waals surface area contributed by atoms with Crippen molar-refractivity contribution >= 4 is 17.7 Å². The van der Waals surface area contributed by atoms with E-state index in [1.807, 2.05) is 41.5 Å². The van der Waals surface area contributed by atoms with Gasteiger partial charge in [0.1, 0.15) is 0 Å². The molecule has 0 aromatic carbocycles. The fraction of sp³-hybridized carbons (Fsp3) is 1.00. The molecule has 68 valence electrons. The smallest absolute Gasteiger partial charge is 0.179 e. The van der Waals surface area contributed by atoms with E-state index < -0.39 is 6.49 Å². The minimum absolute atomic E-state index is 0.299. The standard InChI is InChI=1S/C8H18ClOP/c1-7(2,3)11(9,10)8(4,5)6/h1-6H3. The van der Waals surface area contributed by atoms with Gasteiger partial charge in [-0.25, -0.2) is 0 Å². The van der Waals surface area contributed by atoms with Gasteiger partial charge < -0.3 is 4.57 Å². The zero-order chi connectivity index (χ0) is 9.50. The van der Waals surface area contributed by atoms with Gasteiger partial charge in [-0.2, -0.15) is 0 Å². The van der Waals surface area contributed by atoms with Crippen molar-refractivity contribution < 1.29 is 4.57 Å². The van der Waals surface area contributed by atoms with Crippen LogP contribution in [0.5, 0.6) is 0 Å². The highest BCUT2D eigenvalue weighted by atomic mass is 35.7. The Morgan fingerprint density at radius 3 is 1.09 bits per heavy atom. The molecular formula is C8H18ClOP. The third kappa shape index (κ3) is 2.23. The summed E-state index contributed by atoms with van der Waals surface area (Å²) in [4.78, 5) is 0. The first-order chi connectivity index (χ1) is 4.50. The molecular weight excluding hydrogens is 179 g/mol. The topological polar surface area (TPSA) is 17.1 Å². The average molecular weight is 197 g/mol. The number of hydrogen-bond acceptors (Lipinski definition) is 1. The Morgan fingerprint density at radius 1 is 0.909 bits per heavy atom. The van der Waals surface area contributed by atoms with Crippen LogP contribution in [0.25, 0.3) is 0 Å². The van der Waals surface area contributed by atoms with Crippen molar-refractivity contribution in [3.8, 4) is 0 Å². The van der Waals surface area contributed by atoms with E-state index in [0.29, 0.717) is 0 Å². The van der Waals surface area contributed by atoms with E-state index in [1.165, 1.54) is 0 Å². The van der Waals surface area contributed by atoms with Crippen LogP contribution in [0.3, 0.4) is 0 Å². The molecule has 0 heterocycles. The first kappa shape index (κ1) is 11.5. The van der Waals surface area contributed by atoms with E-state index in [1.54, 1.807) is 0 Å². The maximum absolute atomic E-state index is 12.0. The highest BCUT2D eigenvalue weighted by Crippen LogP contribution is 2.70. The summed E-state index contributed by atoms with van der Waals surface area (Å²) >= 11 is 6.04. The van der Waals surface area contributed by atoms with Crippen molar-refractivity contribution in [1.82, 2.24) is 0 Å².